The molecule has 0 amide bonds. The van der Waals surface area contributed by atoms with Crippen LogP contribution in [-0.2, 0) is 0 Å². The van der Waals surface area contributed by atoms with Gasteiger partial charge in [0.1, 0.15) is 17.0 Å². The Hall–Kier alpha value is -5.17. The molecule has 1 N–H and O–H groups in total. The minimum Gasteiger partial charge on any atom is -0.344 e. The van der Waals surface area contributed by atoms with Crippen molar-refractivity contribution in [3.05, 3.63) is 150 Å². The van der Waals surface area contributed by atoms with Crippen LogP contribution in [0.25, 0.3) is 51.7 Å². The molecule has 9 rings (SSSR count). The molecule has 1 unspecified atom stereocenters. The Labute approximate surface area is 261 Å². The molecular weight excluding hydrogens is 577 g/mol. The van der Waals surface area contributed by atoms with Gasteiger partial charge in [-0.05, 0) is 29.1 Å². The zero-order valence-electron chi connectivity index (χ0n) is 23.4. The second-order valence-corrected chi connectivity index (χ2v) is 12.9. The van der Waals surface area contributed by atoms with E-state index in [4.69, 9.17) is 15.0 Å². The molecule has 0 spiro atoms. The van der Waals surface area contributed by atoms with Crippen LogP contribution in [0.5, 0.6) is 0 Å². The average Bonchev–Trinajstić information content (AvgIpc) is 3.71. The van der Waals surface area contributed by atoms with Crippen LogP contribution < -0.4 is 5.32 Å². The Morgan fingerprint density at radius 3 is 2.20 bits per heavy atom. The molecular formula is C38H24N4S2. The standard InChI is InChI=1S/C38H24N4S2/c1-3-10-24(11-4-1)35-40-36(25-12-5-2-6-13-25)42-37(41-35)26-19-18-23-20-21-31-34(30(23)22-26)44-38(39-31)29-16-9-15-28-27-14-7-8-17-32(27)43-33(28)29/h1-22,37H,(H,40,41,42). The van der Waals surface area contributed by atoms with Crippen molar-refractivity contribution in [3.63, 3.8) is 0 Å². The Kier molecular flexibility index (Phi) is 5.89. The van der Waals surface area contributed by atoms with Gasteiger partial charge in [0.15, 0.2) is 5.84 Å². The molecule has 0 aliphatic carbocycles. The number of thiazole rings is 1. The number of hydrogen-bond acceptors (Lipinski definition) is 6. The number of aliphatic imine (C=N–C) groups is 2. The Morgan fingerprint density at radius 1 is 0.591 bits per heavy atom. The summed E-state index contributed by atoms with van der Waals surface area (Å²) in [5.74, 6) is 1.54. The highest BCUT2D eigenvalue weighted by Crippen LogP contribution is 2.43. The van der Waals surface area contributed by atoms with E-state index in [-0.39, 0.29) is 6.17 Å². The number of rotatable bonds is 4. The van der Waals surface area contributed by atoms with Gasteiger partial charge in [-0.2, -0.15) is 0 Å². The molecule has 0 radical (unpaired) electrons. The van der Waals surface area contributed by atoms with Crippen LogP contribution in [0, 0.1) is 0 Å². The number of aromatic nitrogens is 1. The quantitative estimate of drug-likeness (QED) is 0.219. The summed E-state index contributed by atoms with van der Waals surface area (Å²) in [7, 11) is 0. The summed E-state index contributed by atoms with van der Waals surface area (Å²) in [4.78, 5) is 15.2. The highest BCUT2D eigenvalue weighted by Gasteiger charge is 2.22. The van der Waals surface area contributed by atoms with Crippen LogP contribution in [0.3, 0.4) is 0 Å². The van der Waals surface area contributed by atoms with Crippen LogP contribution in [-0.4, -0.2) is 16.7 Å². The van der Waals surface area contributed by atoms with Gasteiger partial charge in [0.25, 0.3) is 0 Å². The highest BCUT2D eigenvalue weighted by molar-refractivity contribution is 7.27. The fourth-order valence-corrected chi connectivity index (χ4v) is 8.41. The first-order chi connectivity index (χ1) is 21.8. The maximum Gasteiger partial charge on any atom is 0.159 e. The zero-order valence-corrected chi connectivity index (χ0v) is 25.1. The fraction of sp³-hybridized carbons (Fsp3) is 0.0263. The molecule has 8 aromatic rings. The molecule has 0 saturated heterocycles. The van der Waals surface area contributed by atoms with E-state index in [1.807, 2.05) is 47.7 Å². The van der Waals surface area contributed by atoms with Gasteiger partial charge in [-0.25, -0.2) is 15.0 Å². The lowest BCUT2D eigenvalue weighted by molar-refractivity contribution is 0.675. The number of hydrogen-bond donors (Lipinski definition) is 1. The lowest BCUT2D eigenvalue weighted by Crippen LogP contribution is -2.33. The van der Waals surface area contributed by atoms with Crippen molar-refractivity contribution < 1.29 is 0 Å². The number of fused-ring (bicyclic) bond motifs is 6. The predicted octanol–water partition coefficient (Wildman–Crippen LogP) is 9.98. The smallest absolute Gasteiger partial charge is 0.159 e. The van der Waals surface area contributed by atoms with Gasteiger partial charge in [0.05, 0.1) is 10.2 Å². The number of nitrogens with zero attached hydrogens (tertiary/aromatic N) is 3. The molecule has 6 aromatic carbocycles. The van der Waals surface area contributed by atoms with Gasteiger partial charge < -0.3 is 5.32 Å². The summed E-state index contributed by atoms with van der Waals surface area (Å²) >= 11 is 3.62. The number of thiophene rings is 1. The van der Waals surface area contributed by atoms with E-state index in [0.29, 0.717) is 0 Å². The van der Waals surface area contributed by atoms with E-state index in [0.717, 1.165) is 38.9 Å². The first-order valence-electron chi connectivity index (χ1n) is 14.6. The minimum atomic E-state index is -0.280. The van der Waals surface area contributed by atoms with Crippen molar-refractivity contribution in [2.75, 3.05) is 0 Å². The average molecular weight is 601 g/mol. The van der Waals surface area contributed by atoms with Crippen LogP contribution in [0.1, 0.15) is 22.9 Å². The molecule has 208 valence electrons. The molecule has 0 fully saturated rings. The van der Waals surface area contributed by atoms with Gasteiger partial charge >= 0.3 is 0 Å². The van der Waals surface area contributed by atoms with Gasteiger partial charge in [0.2, 0.25) is 0 Å². The van der Waals surface area contributed by atoms with Gasteiger partial charge in [-0.15, -0.1) is 22.7 Å². The number of benzene rings is 6. The molecule has 1 atom stereocenters. The Morgan fingerprint density at radius 2 is 1.34 bits per heavy atom. The molecule has 3 heterocycles. The van der Waals surface area contributed by atoms with Crippen LogP contribution in [0.4, 0.5) is 0 Å². The molecule has 2 aromatic heterocycles. The second kappa shape index (κ2) is 10.2. The minimum absolute atomic E-state index is 0.280. The van der Waals surface area contributed by atoms with E-state index < -0.39 is 0 Å². The van der Waals surface area contributed by atoms with Gasteiger partial charge in [-0.1, -0.05) is 115 Å². The third kappa shape index (κ3) is 4.22. The maximum absolute atomic E-state index is 5.16. The summed E-state index contributed by atoms with van der Waals surface area (Å²) in [5, 5.41) is 9.64. The van der Waals surface area contributed by atoms with Crippen molar-refractivity contribution >= 4 is 75.5 Å². The third-order valence-corrected chi connectivity index (χ3v) is 10.5. The Balaban J connectivity index is 1.17. The number of amidine groups is 2. The molecule has 44 heavy (non-hydrogen) atoms. The third-order valence-electron chi connectivity index (χ3n) is 8.17. The summed E-state index contributed by atoms with van der Waals surface area (Å²) in [6, 6.07) is 46.7. The molecule has 1 aliphatic heterocycles. The summed E-state index contributed by atoms with van der Waals surface area (Å²) < 4.78 is 3.79. The van der Waals surface area contributed by atoms with E-state index >= 15 is 0 Å². The summed E-state index contributed by atoms with van der Waals surface area (Å²) in [6.45, 7) is 0. The first kappa shape index (κ1) is 25.3. The predicted molar refractivity (Wildman–Crippen MR) is 187 cm³/mol. The van der Waals surface area contributed by atoms with Gasteiger partial charge in [-0.3, -0.25) is 0 Å². The maximum atomic E-state index is 5.16. The molecule has 0 saturated carbocycles. The van der Waals surface area contributed by atoms with Crippen molar-refractivity contribution in [2.24, 2.45) is 9.98 Å². The fourth-order valence-electron chi connectivity index (χ4n) is 6.00. The van der Waals surface area contributed by atoms with E-state index in [1.165, 1.54) is 41.2 Å². The van der Waals surface area contributed by atoms with E-state index in [1.54, 1.807) is 11.3 Å². The normalized spacial score (nSPS) is 15.0. The van der Waals surface area contributed by atoms with Gasteiger partial charge in [0, 0.05) is 42.2 Å². The van der Waals surface area contributed by atoms with Crippen LogP contribution >= 0.6 is 22.7 Å². The molecule has 0 bridgehead atoms. The van der Waals surface area contributed by atoms with Crippen molar-refractivity contribution in [1.29, 1.82) is 0 Å². The molecule has 4 nitrogen and oxygen atoms in total. The molecule has 1 aliphatic rings. The second-order valence-electron chi connectivity index (χ2n) is 10.9. The first-order valence-corrected chi connectivity index (χ1v) is 16.2. The van der Waals surface area contributed by atoms with E-state index in [9.17, 15) is 0 Å². The zero-order chi connectivity index (χ0) is 29.0. The van der Waals surface area contributed by atoms with Crippen molar-refractivity contribution in [2.45, 2.75) is 6.17 Å². The lowest BCUT2D eigenvalue weighted by atomic mass is 10.0. The summed E-state index contributed by atoms with van der Waals surface area (Å²) in [5.41, 5.74) is 5.33. The number of nitrogens with one attached hydrogen (secondary N) is 1. The highest BCUT2D eigenvalue weighted by atomic mass is 32.1. The largest absolute Gasteiger partial charge is 0.344 e. The van der Waals surface area contributed by atoms with Crippen LogP contribution in [0.2, 0.25) is 0 Å². The van der Waals surface area contributed by atoms with Crippen molar-refractivity contribution in [3.8, 4) is 10.6 Å². The molecule has 6 heteroatoms. The van der Waals surface area contributed by atoms with E-state index in [2.05, 4.69) is 102 Å². The lowest BCUT2D eigenvalue weighted by Gasteiger charge is -2.24. The summed E-state index contributed by atoms with van der Waals surface area (Å²) in [6.07, 6.45) is -0.280. The monoisotopic (exact) mass is 600 g/mol. The SMILES string of the molecule is c1ccc(C2=NC(c3ccc4ccc5nc(-c6cccc7c6sc6ccccc67)sc5c4c3)NC(c3ccccc3)=N2)cc1. The topological polar surface area (TPSA) is 49.6 Å². The van der Waals surface area contributed by atoms with Crippen LogP contribution in [0.15, 0.2) is 143 Å². The van der Waals surface area contributed by atoms with Crippen molar-refractivity contribution in [1.82, 2.24) is 10.3 Å². The Bertz CT molecular complexity index is 2420.